The van der Waals surface area contributed by atoms with Crippen molar-refractivity contribution >= 4 is 5.82 Å². The molecule has 4 heteroatoms. The summed E-state index contributed by atoms with van der Waals surface area (Å²) >= 11 is 0. The standard InChI is InChI=1S/C12H16N4/c1-3-13-12-5-4-11(7-14-12)9-16-8-10(2)6-15-16/h4-8H,3,9H2,1-2H3,(H,13,14). The minimum absolute atomic E-state index is 0.771. The zero-order valence-electron chi connectivity index (χ0n) is 9.64. The lowest BCUT2D eigenvalue weighted by atomic mass is 10.3. The Morgan fingerprint density at radius 3 is 2.75 bits per heavy atom. The number of anilines is 1. The molecule has 0 spiro atoms. The van der Waals surface area contributed by atoms with Gasteiger partial charge in [0.15, 0.2) is 0 Å². The van der Waals surface area contributed by atoms with Crippen molar-refractivity contribution in [3.8, 4) is 0 Å². The van der Waals surface area contributed by atoms with Gasteiger partial charge in [-0.25, -0.2) is 4.98 Å². The highest BCUT2D eigenvalue weighted by atomic mass is 15.3. The molecular weight excluding hydrogens is 200 g/mol. The Morgan fingerprint density at radius 1 is 1.31 bits per heavy atom. The van der Waals surface area contributed by atoms with Gasteiger partial charge in [-0.1, -0.05) is 6.07 Å². The van der Waals surface area contributed by atoms with Gasteiger partial charge < -0.3 is 5.32 Å². The molecule has 0 bridgehead atoms. The first kappa shape index (κ1) is 10.7. The highest BCUT2D eigenvalue weighted by Crippen LogP contribution is 2.06. The number of hydrogen-bond acceptors (Lipinski definition) is 3. The normalized spacial score (nSPS) is 10.4. The van der Waals surface area contributed by atoms with Gasteiger partial charge in [0, 0.05) is 18.9 Å². The summed E-state index contributed by atoms with van der Waals surface area (Å²) in [6.45, 7) is 5.76. The number of aromatic nitrogens is 3. The molecule has 0 unspecified atom stereocenters. The predicted octanol–water partition coefficient (Wildman–Crippen LogP) is 2.07. The van der Waals surface area contributed by atoms with Gasteiger partial charge in [0.25, 0.3) is 0 Å². The van der Waals surface area contributed by atoms with Crippen LogP contribution in [0.3, 0.4) is 0 Å². The summed E-state index contributed by atoms with van der Waals surface area (Å²) in [7, 11) is 0. The van der Waals surface area contributed by atoms with Gasteiger partial charge in [0.2, 0.25) is 0 Å². The fourth-order valence-electron chi connectivity index (χ4n) is 1.54. The minimum Gasteiger partial charge on any atom is -0.370 e. The molecular formula is C12H16N4. The summed E-state index contributed by atoms with van der Waals surface area (Å²) < 4.78 is 1.92. The van der Waals surface area contributed by atoms with Crippen molar-refractivity contribution < 1.29 is 0 Å². The number of aryl methyl sites for hydroxylation is 1. The second-order valence-corrected chi connectivity index (χ2v) is 3.80. The highest BCUT2D eigenvalue weighted by Gasteiger charge is 1.98. The summed E-state index contributed by atoms with van der Waals surface area (Å²) in [5.74, 6) is 0.919. The number of nitrogens with one attached hydrogen (secondary N) is 1. The van der Waals surface area contributed by atoms with Crippen LogP contribution in [0.4, 0.5) is 5.82 Å². The SMILES string of the molecule is CCNc1ccc(Cn2cc(C)cn2)cn1. The first-order chi connectivity index (χ1) is 7.78. The van der Waals surface area contributed by atoms with E-state index >= 15 is 0 Å². The third-order valence-corrected chi connectivity index (χ3v) is 2.29. The number of hydrogen-bond donors (Lipinski definition) is 1. The van der Waals surface area contributed by atoms with Crippen molar-refractivity contribution in [2.24, 2.45) is 0 Å². The minimum atomic E-state index is 0.771. The lowest BCUT2D eigenvalue weighted by Crippen LogP contribution is -2.02. The van der Waals surface area contributed by atoms with Crippen LogP contribution in [-0.4, -0.2) is 21.3 Å². The molecule has 2 heterocycles. The molecule has 4 nitrogen and oxygen atoms in total. The van der Waals surface area contributed by atoms with Crippen LogP contribution in [0.1, 0.15) is 18.1 Å². The maximum atomic E-state index is 4.32. The van der Waals surface area contributed by atoms with Gasteiger partial charge in [-0.3, -0.25) is 4.68 Å². The Morgan fingerprint density at radius 2 is 2.19 bits per heavy atom. The Balaban J connectivity index is 2.05. The van der Waals surface area contributed by atoms with E-state index in [0.717, 1.165) is 24.5 Å². The molecule has 0 amide bonds. The molecule has 0 aliphatic heterocycles. The van der Waals surface area contributed by atoms with Crippen molar-refractivity contribution in [2.45, 2.75) is 20.4 Å². The van der Waals surface area contributed by atoms with Crippen molar-refractivity contribution in [3.05, 3.63) is 41.9 Å². The summed E-state index contributed by atoms with van der Waals surface area (Å²) in [6, 6.07) is 4.07. The number of pyridine rings is 1. The Labute approximate surface area is 95.3 Å². The van der Waals surface area contributed by atoms with Crippen molar-refractivity contribution in [3.63, 3.8) is 0 Å². The van der Waals surface area contributed by atoms with E-state index in [2.05, 4.69) is 28.4 Å². The fraction of sp³-hybridized carbons (Fsp3) is 0.333. The first-order valence-corrected chi connectivity index (χ1v) is 5.46. The highest BCUT2D eigenvalue weighted by molar-refractivity contribution is 5.35. The van der Waals surface area contributed by atoms with Crippen LogP contribution in [0.2, 0.25) is 0 Å². The molecule has 0 fully saturated rings. The Hall–Kier alpha value is -1.84. The Bertz CT molecular complexity index is 444. The molecule has 1 N–H and O–H groups in total. The zero-order valence-corrected chi connectivity index (χ0v) is 9.64. The second-order valence-electron chi connectivity index (χ2n) is 3.80. The summed E-state index contributed by atoms with van der Waals surface area (Å²) in [6.07, 6.45) is 5.77. The van der Waals surface area contributed by atoms with Crippen LogP contribution < -0.4 is 5.32 Å². The third-order valence-electron chi connectivity index (χ3n) is 2.29. The fourth-order valence-corrected chi connectivity index (χ4v) is 1.54. The molecule has 84 valence electrons. The van der Waals surface area contributed by atoms with Crippen LogP contribution >= 0.6 is 0 Å². The molecule has 0 saturated heterocycles. The van der Waals surface area contributed by atoms with E-state index in [1.165, 1.54) is 5.56 Å². The topological polar surface area (TPSA) is 42.7 Å². The van der Waals surface area contributed by atoms with E-state index in [-0.39, 0.29) is 0 Å². The smallest absolute Gasteiger partial charge is 0.125 e. The number of nitrogens with zero attached hydrogens (tertiary/aromatic N) is 3. The van der Waals surface area contributed by atoms with E-state index in [4.69, 9.17) is 0 Å². The van der Waals surface area contributed by atoms with E-state index in [9.17, 15) is 0 Å². The van der Waals surface area contributed by atoms with Crippen LogP contribution in [0.25, 0.3) is 0 Å². The lowest BCUT2D eigenvalue weighted by Gasteiger charge is -2.04. The maximum absolute atomic E-state index is 4.32. The molecule has 16 heavy (non-hydrogen) atoms. The molecule has 0 aromatic carbocycles. The van der Waals surface area contributed by atoms with Crippen LogP contribution in [-0.2, 0) is 6.54 Å². The molecule has 2 aromatic rings. The average Bonchev–Trinajstić information content (AvgIpc) is 2.67. The lowest BCUT2D eigenvalue weighted by molar-refractivity contribution is 0.684. The van der Waals surface area contributed by atoms with Gasteiger partial charge in [0.1, 0.15) is 5.82 Å². The molecule has 0 aliphatic carbocycles. The molecule has 0 atom stereocenters. The van der Waals surface area contributed by atoms with Gasteiger partial charge in [-0.2, -0.15) is 5.10 Å². The molecule has 2 rings (SSSR count). The van der Waals surface area contributed by atoms with Crippen molar-refractivity contribution in [2.75, 3.05) is 11.9 Å². The van der Waals surface area contributed by atoms with Crippen molar-refractivity contribution in [1.29, 1.82) is 0 Å². The van der Waals surface area contributed by atoms with Gasteiger partial charge >= 0.3 is 0 Å². The molecule has 0 aliphatic rings. The van der Waals surface area contributed by atoms with E-state index in [1.807, 2.05) is 36.3 Å². The largest absolute Gasteiger partial charge is 0.370 e. The van der Waals surface area contributed by atoms with Crippen molar-refractivity contribution in [1.82, 2.24) is 14.8 Å². The summed E-state index contributed by atoms with van der Waals surface area (Å²) in [4.78, 5) is 4.32. The summed E-state index contributed by atoms with van der Waals surface area (Å²) in [5.41, 5.74) is 2.34. The molecule has 2 aromatic heterocycles. The number of rotatable bonds is 4. The maximum Gasteiger partial charge on any atom is 0.125 e. The Kier molecular flexibility index (Phi) is 3.19. The van der Waals surface area contributed by atoms with E-state index in [0.29, 0.717) is 0 Å². The zero-order chi connectivity index (χ0) is 11.4. The van der Waals surface area contributed by atoms with Gasteiger partial charge in [-0.05, 0) is 31.0 Å². The van der Waals surface area contributed by atoms with E-state index < -0.39 is 0 Å². The quantitative estimate of drug-likeness (QED) is 0.850. The van der Waals surface area contributed by atoms with Gasteiger partial charge in [-0.15, -0.1) is 0 Å². The predicted molar refractivity (Wildman–Crippen MR) is 64.5 cm³/mol. The van der Waals surface area contributed by atoms with Crippen LogP contribution in [0, 0.1) is 6.92 Å². The van der Waals surface area contributed by atoms with Crippen LogP contribution in [0.5, 0.6) is 0 Å². The van der Waals surface area contributed by atoms with Gasteiger partial charge in [0.05, 0.1) is 12.7 Å². The van der Waals surface area contributed by atoms with Crippen LogP contribution in [0.15, 0.2) is 30.7 Å². The molecule has 0 radical (unpaired) electrons. The van der Waals surface area contributed by atoms with E-state index in [1.54, 1.807) is 0 Å². The average molecular weight is 216 g/mol. The third kappa shape index (κ3) is 2.59. The monoisotopic (exact) mass is 216 g/mol. The first-order valence-electron chi connectivity index (χ1n) is 5.46. The summed E-state index contributed by atoms with van der Waals surface area (Å²) in [5, 5.41) is 7.41. The second kappa shape index (κ2) is 4.79. The molecule has 0 saturated carbocycles.